The van der Waals surface area contributed by atoms with Crippen LogP contribution in [0.5, 0.6) is 0 Å². The summed E-state index contributed by atoms with van der Waals surface area (Å²) in [5, 5.41) is 11.7. The van der Waals surface area contributed by atoms with Crippen LogP contribution in [0.3, 0.4) is 0 Å². The highest BCUT2D eigenvalue weighted by Crippen LogP contribution is 2.40. The van der Waals surface area contributed by atoms with Gasteiger partial charge in [-0.15, -0.1) is 0 Å². The molecule has 178 valence electrons. The van der Waals surface area contributed by atoms with E-state index in [1.54, 1.807) is 103 Å². The van der Waals surface area contributed by atoms with Gasteiger partial charge < -0.3 is 4.74 Å². The number of ketones is 1. The van der Waals surface area contributed by atoms with Crippen LogP contribution in [0.15, 0.2) is 123 Å². The first-order valence-electron chi connectivity index (χ1n) is 10.7. The fourth-order valence-corrected chi connectivity index (χ4v) is 4.84. The SMILES string of the molecule is O=C(/C(Sc1ccccc1[N+](=O)[O-])=C(/OC(=O)c1ccccc1Br)c1ccccc1)c1ccccc1. The van der Waals surface area contributed by atoms with Crippen molar-refractivity contribution in [3.05, 3.63) is 145 Å². The van der Waals surface area contributed by atoms with Gasteiger partial charge in [0.1, 0.15) is 4.91 Å². The first-order chi connectivity index (χ1) is 17.5. The number of Topliss-reactive ketones (excluding diaryl/α,β-unsaturated/α-hetero) is 1. The molecular weight excluding hydrogens is 542 g/mol. The third kappa shape index (κ3) is 5.79. The Morgan fingerprint density at radius 2 is 1.31 bits per heavy atom. The number of nitrogens with zero attached hydrogens (tertiary/aromatic N) is 1. The molecule has 4 rings (SSSR count). The van der Waals surface area contributed by atoms with Crippen molar-refractivity contribution in [3.63, 3.8) is 0 Å². The molecule has 0 heterocycles. The number of hydrogen-bond donors (Lipinski definition) is 0. The molecule has 0 aliphatic carbocycles. The van der Waals surface area contributed by atoms with Gasteiger partial charge in [0.25, 0.3) is 5.69 Å². The fraction of sp³-hybridized carbons (Fsp3) is 0. The van der Waals surface area contributed by atoms with Crippen molar-refractivity contribution >= 4 is 50.9 Å². The van der Waals surface area contributed by atoms with E-state index in [2.05, 4.69) is 15.9 Å². The molecule has 4 aromatic rings. The van der Waals surface area contributed by atoms with Crippen LogP contribution in [0.4, 0.5) is 5.69 Å². The molecule has 8 heteroatoms. The van der Waals surface area contributed by atoms with E-state index in [9.17, 15) is 19.7 Å². The van der Waals surface area contributed by atoms with E-state index in [1.807, 2.05) is 0 Å². The van der Waals surface area contributed by atoms with E-state index in [0.29, 0.717) is 15.6 Å². The van der Waals surface area contributed by atoms with Crippen LogP contribution in [0.1, 0.15) is 26.3 Å². The Morgan fingerprint density at radius 3 is 1.94 bits per heavy atom. The molecule has 0 saturated carbocycles. The third-order valence-corrected chi connectivity index (χ3v) is 6.88. The van der Waals surface area contributed by atoms with Crippen molar-refractivity contribution in [2.75, 3.05) is 0 Å². The molecule has 0 aromatic heterocycles. The largest absolute Gasteiger partial charge is 0.421 e. The molecule has 36 heavy (non-hydrogen) atoms. The molecular formula is C28H18BrNO5S. The van der Waals surface area contributed by atoms with Gasteiger partial charge in [0.15, 0.2) is 5.76 Å². The Hall–Kier alpha value is -4.01. The second-order valence-electron chi connectivity index (χ2n) is 7.42. The number of rotatable bonds is 8. The molecule has 0 amide bonds. The Kier molecular flexibility index (Phi) is 8.10. The minimum absolute atomic E-state index is 0.00774. The summed E-state index contributed by atoms with van der Waals surface area (Å²) >= 11 is 4.25. The average Bonchev–Trinajstić information content (AvgIpc) is 2.91. The highest BCUT2D eigenvalue weighted by molar-refractivity contribution is 9.10. The first-order valence-corrected chi connectivity index (χ1v) is 12.3. The number of allylic oxidation sites excluding steroid dienone is 1. The topological polar surface area (TPSA) is 86.5 Å². The summed E-state index contributed by atoms with van der Waals surface area (Å²) < 4.78 is 6.41. The van der Waals surface area contributed by atoms with E-state index in [-0.39, 0.29) is 26.8 Å². The number of carbonyl (C=O) groups excluding carboxylic acids is 2. The van der Waals surface area contributed by atoms with E-state index in [0.717, 1.165) is 11.8 Å². The predicted molar refractivity (Wildman–Crippen MR) is 143 cm³/mol. The van der Waals surface area contributed by atoms with Gasteiger partial charge in [-0.3, -0.25) is 14.9 Å². The molecule has 0 fully saturated rings. The normalized spacial score (nSPS) is 11.4. The Balaban J connectivity index is 1.92. The maximum atomic E-state index is 13.8. The summed E-state index contributed by atoms with van der Waals surface area (Å²) in [6.45, 7) is 0. The summed E-state index contributed by atoms with van der Waals surface area (Å²) in [4.78, 5) is 38.5. The van der Waals surface area contributed by atoms with E-state index in [1.165, 1.54) is 6.07 Å². The van der Waals surface area contributed by atoms with Crippen molar-refractivity contribution in [1.82, 2.24) is 0 Å². The number of nitro groups is 1. The summed E-state index contributed by atoms with van der Waals surface area (Å²) in [6.07, 6.45) is 0. The van der Waals surface area contributed by atoms with Gasteiger partial charge in [-0.1, -0.05) is 96.7 Å². The van der Waals surface area contributed by atoms with Crippen LogP contribution >= 0.6 is 27.7 Å². The van der Waals surface area contributed by atoms with Crippen molar-refractivity contribution in [2.24, 2.45) is 0 Å². The van der Waals surface area contributed by atoms with Gasteiger partial charge in [0.2, 0.25) is 5.78 Å². The Labute approximate surface area is 219 Å². The number of hydrogen-bond acceptors (Lipinski definition) is 6. The minimum Gasteiger partial charge on any atom is -0.421 e. The molecule has 0 N–H and O–H groups in total. The molecule has 6 nitrogen and oxygen atoms in total. The highest BCUT2D eigenvalue weighted by Gasteiger charge is 2.27. The number of halogens is 1. The predicted octanol–water partition coefficient (Wildman–Crippen LogP) is 7.56. The molecule has 0 unspecified atom stereocenters. The zero-order chi connectivity index (χ0) is 25.5. The molecule has 0 radical (unpaired) electrons. The second-order valence-corrected chi connectivity index (χ2v) is 9.32. The van der Waals surface area contributed by atoms with Crippen LogP contribution in [0.2, 0.25) is 0 Å². The number of para-hydroxylation sites is 1. The third-order valence-electron chi connectivity index (χ3n) is 5.05. The maximum absolute atomic E-state index is 13.8. The zero-order valence-electron chi connectivity index (χ0n) is 18.7. The van der Waals surface area contributed by atoms with Crippen LogP contribution < -0.4 is 0 Å². The molecule has 4 aromatic carbocycles. The van der Waals surface area contributed by atoms with Gasteiger partial charge >= 0.3 is 5.97 Å². The number of thioether (sulfide) groups is 1. The standard InChI is InChI=1S/C28H18BrNO5S/c29-22-16-8-7-15-21(22)28(32)35-26(20-13-5-2-6-14-20)27(25(31)19-11-3-1-4-12-19)36-24-18-10-9-17-23(24)30(33)34/h1-18H/b27-26-. The number of ether oxygens (including phenoxy) is 1. The van der Waals surface area contributed by atoms with E-state index in [4.69, 9.17) is 4.74 Å². The van der Waals surface area contributed by atoms with Gasteiger partial charge in [-0.2, -0.15) is 0 Å². The quantitative estimate of drug-likeness (QED) is 0.0421. The van der Waals surface area contributed by atoms with Gasteiger partial charge in [0.05, 0.1) is 15.4 Å². The lowest BCUT2D eigenvalue weighted by atomic mass is 10.1. The molecule has 0 aliphatic rings. The summed E-state index contributed by atoms with van der Waals surface area (Å²) in [5.74, 6) is -1.10. The molecule has 0 bridgehead atoms. The highest BCUT2D eigenvalue weighted by atomic mass is 79.9. The van der Waals surface area contributed by atoms with Crippen molar-refractivity contribution in [1.29, 1.82) is 0 Å². The molecule has 0 aliphatic heterocycles. The van der Waals surface area contributed by atoms with Crippen LogP contribution in [0, 0.1) is 10.1 Å². The van der Waals surface area contributed by atoms with Crippen molar-refractivity contribution in [2.45, 2.75) is 4.90 Å². The van der Waals surface area contributed by atoms with E-state index >= 15 is 0 Å². The Morgan fingerprint density at radius 1 is 0.750 bits per heavy atom. The summed E-state index contributed by atoms with van der Waals surface area (Å²) in [5.41, 5.74) is 0.936. The van der Waals surface area contributed by atoms with Gasteiger partial charge in [-0.05, 0) is 34.1 Å². The zero-order valence-corrected chi connectivity index (χ0v) is 21.1. The average molecular weight is 560 g/mol. The van der Waals surface area contributed by atoms with E-state index < -0.39 is 16.7 Å². The second kappa shape index (κ2) is 11.6. The summed E-state index contributed by atoms with van der Waals surface area (Å²) in [7, 11) is 0. The first kappa shape index (κ1) is 25.1. The Bertz CT molecular complexity index is 1460. The number of esters is 1. The number of carbonyl (C=O) groups is 2. The lowest BCUT2D eigenvalue weighted by molar-refractivity contribution is -0.387. The van der Waals surface area contributed by atoms with Crippen molar-refractivity contribution < 1.29 is 19.2 Å². The minimum atomic E-state index is -0.678. The fourth-order valence-electron chi connectivity index (χ4n) is 3.32. The molecule has 0 spiro atoms. The monoisotopic (exact) mass is 559 g/mol. The van der Waals surface area contributed by atoms with Gasteiger partial charge in [0, 0.05) is 21.7 Å². The molecule has 0 atom stereocenters. The molecule has 0 saturated heterocycles. The van der Waals surface area contributed by atoms with Crippen LogP contribution in [-0.2, 0) is 4.74 Å². The van der Waals surface area contributed by atoms with Gasteiger partial charge in [-0.25, -0.2) is 4.79 Å². The maximum Gasteiger partial charge on any atom is 0.344 e. The lowest BCUT2D eigenvalue weighted by Gasteiger charge is -2.16. The number of benzene rings is 4. The van der Waals surface area contributed by atoms with Crippen LogP contribution in [0.25, 0.3) is 5.76 Å². The smallest absolute Gasteiger partial charge is 0.344 e. The van der Waals surface area contributed by atoms with Crippen molar-refractivity contribution in [3.8, 4) is 0 Å². The summed E-state index contributed by atoms with van der Waals surface area (Å²) in [6, 6.07) is 30.1. The van der Waals surface area contributed by atoms with Crippen LogP contribution in [-0.4, -0.2) is 16.7 Å². The lowest BCUT2D eigenvalue weighted by Crippen LogP contribution is -2.11. The number of nitro benzene ring substituents is 1.